The van der Waals surface area contributed by atoms with Crippen LogP contribution in [0.1, 0.15) is 11.1 Å². The molecule has 3 nitrogen and oxygen atoms in total. The average Bonchev–Trinajstić information content (AvgIpc) is 2.39. The summed E-state index contributed by atoms with van der Waals surface area (Å²) in [5.74, 6) is 0.926. The Balaban J connectivity index is 1.99. The van der Waals surface area contributed by atoms with E-state index in [1.54, 1.807) is 7.11 Å². The summed E-state index contributed by atoms with van der Waals surface area (Å²) in [4.78, 5) is 2.47. The molecule has 4 heteroatoms. The maximum atomic E-state index is 6.29. The summed E-state index contributed by atoms with van der Waals surface area (Å²) < 4.78 is 5.35. The Kier molecular flexibility index (Phi) is 4.87. The predicted octanol–water partition coefficient (Wildman–Crippen LogP) is 2.10. The van der Waals surface area contributed by atoms with Gasteiger partial charge in [-0.3, -0.25) is 0 Å². The lowest BCUT2D eigenvalue weighted by molar-refractivity contribution is 0.244. The molecule has 0 radical (unpaired) electrons. The third-order valence-corrected chi connectivity index (χ3v) is 3.82. The number of methoxy groups -OCH3 is 1. The molecule has 1 saturated heterocycles. The van der Waals surface area contributed by atoms with Gasteiger partial charge >= 0.3 is 0 Å². The summed E-state index contributed by atoms with van der Waals surface area (Å²) in [7, 11) is 1.70. The van der Waals surface area contributed by atoms with Gasteiger partial charge in [-0.1, -0.05) is 11.6 Å². The number of hydrogen-bond acceptors (Lipinski definition) is 3. The zero-order valence-electron chi connectivity index (χ0n) is 11.1. The number of hydrogen-bond donors (Lipinski definition) is 1. The fourth-order valence-corrected chi connectivity index (χ4v) is 2.63. The fourth-order valence-electron chi connectivity index (χ4n) is 2.32. The highest BCUT2D eigenvalue weighted by atomic mass is 35.5. The monoisotopic (exact) mass is 268 g/mol. The molecule has 0 saturated carbocycles. The lowest BCUT2D eigenvalue weighted by atomic mass is 10.1. The predicted molar refractivity (Wildman–Crippen MR) is 75.8 cm³/mol. The fraction of sp³-hybridized carbons (Fsp3) is 0.571. The number of nitrogens with one attached hydrogen (secondary N) is 1. The zero-order chi connectivity index (χ0) is 13.0. The maximum Gasteiger partial charge on any atom is 0.122 e. The van der Waals surface area contributed by atoms with Crippen LogP contribution in [0.4, 0.5) is 0 Å². The van der Waals surface area contributed by atoms with E-state index in [2.05, 4.69) is 16.3 Å². The molecule has 0 atom stereocenters. The lowest BCUT2D eigenvalue weighted by Crippen LogP contribution is -2.44. The first kappa shape index (κ1) is 13.7. The molecule has 1 N–H and O–H groups in total. The smallest absolute Gasteiger partial charge is 0.122 e. The van der Waals surface area contributed by atoms with E-state index in [-0.39, 0.29) is 0 Å². The molecule has 0 aromatic heterocycles. The van der Waals surface area contributed by atoms with Gasteiger partial charge in [-0.05, 0) is 36.6 Å². The van der Waals surface area contributed by atoms with E-state index >= 15 is 0 Å². The molecule has 100 valence electrons. The molecule has 1 aromatic carbocycles. The second-order valence-electron chi connectivity index (χ2n) is 4.75. The van der Waals surface area contributed by atoms with Gasteiger partial charge in [0.15, 0.2) is 0 Å². The van der Waals surface area contributed by atoms with E-state index < -0.39 is 0 Å². The van der Waals surface area contributed by atoms with Crippen LogP contribution in [-0.2, 0) is 6.42 Å². The minimum Gasteiger partial charge on any atom is -0.496 e. The van der Waals surface area contributed by atoms with Crippen molar-refractivity contribution in [3.8, 4) is 5.75 Å². The molecule has 2 rings (SSSR count). The molecular formula is C14H21ClN2O. The SMILES string of the molecule is COc1cc(CCN2CCNCC2)c(Cl)cc1C. The Bertz CT molecular complexity index is 403. The summed E-state index contributed by atoms with van der Waals surface area (Å²) in [6.07, 6.45) is 0.982. The van der Waals surface area contributed by atoms with E-state index in [4.69, 9.17) is 16.3 Å². The first-order chi connectivity index (χ1) is 8.70. The van der Waals surface area contributed by atoms with Gasteiger partial charge in [-0.25, -0.2) is 0 Å². The van der Waals surface area contributed by atoms with Crippen molar-refractivity contribution in [3.05, 3.63) is 28.3 Å². The number of piperazine rings is 1. The molecule has 0 aliphatic carbocycles. The van der Waals surface area contributed by atoms with Crippen molar-refractivity contribution < 1.29 is 4.74 Å². The van der Waals surface area contributed by atoms with Crippen molar-refractivity contribution in [2.75, 3.05) is 39.8 Å². The van der Waals surface area contributed by atoms with Crippen LogP contribution in [0.5, 0.6) is 5.75 Å². The summed E-state index contributed by atoms with van der Waals surface area (Å²) in [6, 6.07) is 4.06. The van der Waals surface area contributed by atoms with Gasteiger partial charge in [0.25, 0.3) is 0 Å². The minimum atomic E-state index is 0.850. The minimum absolute atomic E-state index is 0.850. The van der Waals surface area contributed by atoms with Gasteiger partial charge in [-0.15, -0.1) is 0 Å². The quantitative estimate of drug-likeness (QED) is 0.905. The maximum absolute atomic E-state index is 6.29. The first-order valence-electron chi connectivity index (χ1n) is 6.47. The Morgan fingerprint density at radius 3 is 2.72 bits per heavy atom. The van der Waals surface area contributed by atoms with Crippen molar-refractivity contribution in [1.82, 2.24) is 10.2 Å². The molecule has 0 spiro atoms. The van der Waals surface area contributed by atoms with Crippen LogP contribution in [0, 0.1) is 6.92 Å². The number of rotatable bonds is 4. The molecule has 0 bridgehead atoms. The van der Waals surface area contributed by atoms with Crippen molar-refractivity contribution in [2.24, 2.45) is 0 Å². The standard InChI is InChI=1S/C14H21ClN2O/c1-11-9-13(15)12(10-14(11)18-2)3-6-17-7-4-16-5-8-17/h9-10,16H,3-8H2,1-2H3. The number of halogens is 1. The third kappa shape index (κ3) is 3.37. The summed E-state index contributed by atoms with van der Waals surface area (Å²) >= 11 is 6.29. The van der Waals surface area contributed by atoms with Gasteiger partial charge < -0.3 is 15.0 Å². The summed E-state index contributed by atoms with van der Waals surface area (Å²) in [5, 5.41) is 4.21. The molecule has 1 heterocycles. The van der Waals surface area contributed by atoms with Crippen LogP contribution in [0.3, 0.4) is 0 Å². The van der Waals surface area contributed by atoms with E-state index in [0.29, 0.717) is 0 Å². The van der Waals surface area contributed by atoms with Crippen LogP contribution in [0.15, 0.2) is 12.1 Å². The Labute approximate surface area is 114 Å². The molecule has 1 aliphatic heterocycles. The Morgan fingerprint density at radius 2 is 2.06 bits per heavy atom. The summed E-state index contributed by atoms with van der Waals surface area (Å²) in [5.41, 5.74) is 2.27. The lowest BCUT2D eigenvalue weighted by Gasteiger charge is -2.27. The molecule has 1 aromatic rings. The van der Waals surface area contributed by atoms with Gasteiger partial charge in [0.05, 0.1) is 7.11 Å². The number of benzene rings is 1. The molecule has 0 amide bonds. The number of nitrogens with zero attached hydrogens (tertiary/aromatic N) is 1. The summed E-state index contributed by atoms with van der Waals surface area (Å²) in [6.45, 7) is 7.51. The van der Waals surface area contributed by atoms with Crippen LogP contribution in [0.2, 0.25) is 5.02 Å². The molecule has 0 unspecified atom stereocenters. The molecule has 1 fully saturated rings. The van der Waals surface area contributed by atoms with Gasteiger partial charge in [0.2, 0.25) is 0 Å². The van der Waals surface area contributed by atoms with Gasteiger partial charge in [0.1, 0.15) is 5.75 Å². The van der Waals surface area contributed by atoms with E-state index in [0.717, 1.165) is 55.5 Å². The topological polar surface area (TPSA) is 24.5 Å². The number of ether oxygens (including phenoxy) is 1. The van der Waals surface area contributed by atoms with Crippen LogP contribution in [-0.4, -0.2) is 44.7 Å². The molecule has 1 aliphatic rings. The van der Waals surface area contributed by atoms with Gasteiger partial charge in [0, 0.05) is 37.7 Å². The van der Waals surface area contributed by atoms with Crippen molar-refractivity contribution >= 4 is 11.6 Å². The van der Waals surface area contributed by atoms with E-state index in [1.165, 1.54) is 5.56 Å². The average molecular weight is 269 g/mol. The highest BCUT2D eigenvalue weighted by molar-refractivity contribution is 6.31. The first-order valence-corrected chi connectivity index (χ1v) is 6.84. The van der Waals surface area contributed by atoms with E-state index in [9.17, 15) is 0 Å². The normalized spacial score (nSPS) is 16.8. The van der Waals surface area contributed by atoms with Crippen molar-refractivity contribution in [3.63, 3.8) is 0 Å². The second kappa shape index (κ2) is 6.41. The molecule has 18 heavy (non-hydrogen) atoms. The van der Waals surface area contributed by atoms with Crippen molar-refractivity contribution in [2.45, 2.75) is 13.3 Å². The van der Waals surface area contributed by atoms with E-state index in [1.807, 2.05) is 13.0 Å². The largest absolute Gasteiger partial charge is 0.496 e. The Hall–Kier alpha value is -0.770. The van der Waals surface area contributed by atoms with Crippen LogP contribution >= 0.6 is 11.6 Å². The second-order valence-corrected chi connectivity index (χ2v) is 5.16. The Morgan fingerprint density at radius 1 is 1.33 bits per heavy atom. The van der Waals surface area contributed by atoms with Crippen LogP contribution < -0.4 is 10.1 Å². The zero-order valence-corrected chi connectivity index (χ0v) is 11.9. The number of aryl methyl sites for hydroxylation is 1. The van der Waals surface area contributed by atoms with Crippen molar-refractivity contribution in [1.29, 1.82) is 0 Å². The van der Waals surface area contributed by atoms with Gasteiger partial charge in [-0.2, -0.15) is 0 Å². The molecular weight excluding hydrogens is 248 g/mol. The highest BCUT2D eigenvalue weighted by Crippen LogP contribution is 2.26. The third-order valence-electron chi connectivity index (χ3n) is 3.47. The van der Waals surface area contributed by atoms with Crippen LogP contribution in [0.25, 0.3) is 0 Å². The highest BCUT2D eigenvalue weighted by Gasteiger charge is 2.11.